The number of hydrogen-bond acceptors (Lipinski definition) is 2. The zero-order valence-electron chi connectivity index (χ0n) is 5.67. The molecule has 0 aromatic carbocycles. The molecule has 50 valence electrons. The molecule has 3 nitrogen and oxygen atoms in total. The summed E-state index contributed by atoms with van der Waals surface area (Å²) in [6, 6.07) is 0. The molecule has 0 bridgehead atoms. The van der Waals surface area contributed by atoms with E-state index in [-0.39, 0.29) is 0 Å². The molecule has 2 rings (SSSR count). The Hall–Kier alpha value is -0.765. The van der Waals surface area contributed by atoms with Crippen LogP contribution < -0.4 is 5.32 Å². The quantitative estimate of drug-likeness (QED) is 0.481. The van der Waals surface area contributed by atoms with E-state index in [0.29, 0.717) is 0 Å². The summed E-state index contributed by atoms with van der Waals surface area (Å²) in [5, 5.41) is 7.18. The molecule has 0 aliphatic carbocycles. The van der Waals surface area contributed by atoms with Crippen LogP contribution in [-0.2, 0) is 13.0 Å². The highest BCUT2D eigenvalue weighted by Crippen LogP contribution is 2.10. The molecule has 10 heavy (non-hydrogen) atoms. The highest BCUT2D eigenvalue weighted by molar-refractivity contribution is 6.06. The second-order valence-electron chi connectivity index (χ2n) is 2.49. The van der Waals surface area contributed by atoms with Crippen LogP contribution in [0.5, 0.6) is 0 Å². The molecule has 0 fully saturated rings. The molecule has 1 aromatic rings. The number of nitrogens with zero attached hydrogens (tertiary/aromatic N) is 2. The van der Waals surface area contributed by atoms with Crippen LogP contribution in [-0.4, -0.2) is 24.2 Å². The van der Waals surface area contributed by atoms with Crippen molar-refractivity contribution in [1.29, 1.82) is 0 Å². The van der Waals surface area contributed by atoms with Crippen LogP contribution in [0.4, 0.5) is 0 Å². The predicted molar refractivity (Wildman–Crippen MR) is 38.8 cm³/mol. The maximum Gasteiger partial charge on any atom is 0.264 e. The lowest BCUT2D eigenvalue weighted by Crippen LogP contribution is -2.24. The molecule has 0 atom stereocenters. The lowest BCUT2D eigenvalue weighted by atomic mass is 10.1. The van der Waals surface area contributed by atoms with Gasteiger partial charge in [-0.25, -0.2) is 0 Å². The number of aromatic nitrogens is 2. The van der Waals surface area contributed by atoms with Gasteiger partial charge in [-0.3, -0.25) is 0 Å². The van der Waals surface area contributed by atoms with Crippen molar-refractivity contribution >= 4 is 7.98 Å². The van der Waals surface area contributed by atoms with Crippen molar-refractivity contribution in [3.05, 3.63) is 17.5 Å². The van der Waals surface area contributed by atoms with Crippen molar-refractivity contribution in [3.8, 4) is 0 Å². The molecule has 2 heterocycles. The van der Waals surface area contributed by atoms with Crippen LogP contribution in [0.3, 0.4) is 0 Å². The van der Waals surface area contributed by atoms with Gasteiger partial charge in [-0.15, -0.1) is 0 Å². The second-order valence-corrected chi connectivity index (χ2v) is 2.49. The number of fused-ring (bicyclic) bond motifs is 1. The maximum absolute atomic E-state index is 5.53. The average Bonchev–Trinajstić information content (AvgIpc) is 2.34. The van der Waals surface area contributed by atoms with E-state index in [4.69, 9.17) is 7.98 Å². The molecule has 0 amide bonds. The fraction of sp³-hybridized carbons (Fsp3) is 0.500. The van der Waals surface area contributed by atoms with Crippen molar-refractivity contribution in [3.63, 3.8) is 0 Å². The van der Waals surface area contributed by atoms with Gasteiger partial charge in [0.1, 0.15) is 0 Å². The zero-order chi connectivity index (χ0) is 6.97. The standard InChI is InChI=1S/C6H8BN3/c7-10-6-4-8-2-1-5(6)3-9-10/h3,8H,1-2,4H2. The van der Waals surface area contributed by atoms with Gasteiger partial charge >= 0.3 is 0 Å². The molecular weight excluding hydrogens is 125 g/mol. The fourth-order valence-corrected chi connectivity index (χ4v) is 1.26. The van der Waals surface area contributed by atoms with Gasteiger partial charge in [0.15, 0.2) is 0 Å². The van der Waals surface area contributed by atoms with E-state index in [2.05, 4.69) is 10.4 Å². The van der Waals surface area contributed by atoms with Gasteiger partial charge in [-0.1, -0.05) is 0 Å². The normalized spacial score (nSPS) is 16.8. The Morgan fingerprint density at radius 3 is 3.40 bits per heavy atom. The van der Waals surface area contributed by atoms with Crippen LogP contribution >= 0.6 is 0 Å². The lowest BCUT2D eigenvalue weighted by Gasteiger charge is -2.13. The third-order valence-electron chi connectivity index (χ3n) is 1.85. The number of hydrogen-bond donors (Lipinski definition) is 1. The Morgan fingerprint density at radius 1 is 1.70 bits per heavy atom. The maximum atomic E-state index is 5.53. The van der Waals surface area contributed by atoms with E-state index in [1.165, 1.54) is 10.2 Å². The first-order valence-corrected chi connectivity index (χ1v) is 3.39. The fourth-order valence-electron chi connectivity index (χ4n) is 1.26. The molecule has 0 saturated heterocycles. The first kappa shape index (κ1) is 5.98. The van der Waals surface area contributed by atoms with Crippen molar-refractivity contribution in [2.45, 2.75) is 13.0 Å². The Bertz CT molecular complexity index is 243. The van der Waals surface area contributed by atoms with E-state index in [1.54, 1.807) is 0 Å². The molecule has 1 aliphatic rings. The van der Waals surface area contributed by atoms with Gasteiger partial charge in [0.2, 0.25) is 0 Å². The third-order valence-corrected chi connectivity index (χ3v) is 1.85. The van der Waals surface area contributed by atoms with Crippen LogP contribution in [0.25, 0.3) is 0 Å². The first-order chi connectivity index (χ1) is 4.88. The third kappa shape index (κ3) is 0.760. The van der Waals surface area contributed by atoms with Gasteiger partial charge in [-0.2, -0.15) is 5.10 Å². The summed E-state index contributed by atoms with van der Waals surface area (Å²) in [4.78, 5) is 0. The minimum Gasteiger partial charge on any atom is -0.326 e. The minimum atomic E-state index is 0.853. The monoisotopic (exact) mass is 133 g/mol. The van der Waals surface area contributed by atoms with E-state index >= 15 is 0 Å². The van der Waals surface area contributed by atoms with Crippen molar-refractivity contribution in [2.24, 2.45) is 0 Å². The predicted octanol–water partition coefficient (Wildman–Crippen LogP) is -0.540. The van der Waals surface area contributed by atoms with Crippen molar-refractivity contribution < 1.29 is 0 Å². The zero-order valence-corrected chi connectivity index (χ0v) is 5.67. The Kier molecular flexibility index (Phi) is 1.27. The number of nitrogens with one attached hydrogen (secondary N) is 1. The topological polar surface area (TPSA) is 29.9 Å². The summed E-state index contributed by atoms with van der Waals surface area (Å²) < 4.78 is 1.45. The van der Waals surface area contributed by atoms with Crippen molar-refractivity contribution in [2.75, 3.05) is 6.54 Å². The van der Waals surface area contributed by atoms with E-state index < -0.39 is 0 Å². The highest BCUT2D eigenvalue weighted by atomic mass is 15.2. The summed E-state index contributed by atoms with van der Waals surface area (Å²) >= 11 is 0. The van der Waals surface area contributed by atoms with Gasteiger partial charge in [0, 0.05) is 12.2 Å². The van der Waals surface area contributed by atoms with E-state index in [0.717, 1.165) is 25.2 Å². The number of rotatable bonds is 0. The lowest BCUT2D eigenvalue weighted by molar-refractivity contribution is 0.625. The van der Waals surface area contributed by atoms with Crippen LogP contribution in [0.2, 0.25) is 0 Å². The summed E-state index contributed by atoms with van der Waals surface area (Å²) in [7, 11) is 5.53. The molecule has 0 spiro atoms. The summed E-state index contributed by atoms with van der Waals surface area (Å²) in [5.74, 6) is 0. The molecule has 1 aromatic heterocycles. The first-order valence-electron chi connectivity index (χ1n) is 3.39. The summed E-state index contributed by atoms with van der Waals surface area (Å²) in [6.07, 6.45) is 2.89. The van der Waals surface area contributed by atoms with Crippen molar-refractivity contribution in [1.82, 2.24) is 15.0 Å². The molecule has 0 saturated carbocycles. The smallest absolute Gasteiger partial charge is 0.264 e. The summed E-state index contributed by atoms with van der Waals surface area (Å²) in [6.45, 7) is 1.89. The van der Waals surface area contributed by atoms with Crippen LogP contribution in [0.15, 0.2) is 6.20 Å². The van der Waals surface area contributed by atoms with Crippen LogP contribution in [0.1, 0.15) is 11.3 Å². The minimum absolute atomic E-state index is 0.853. The molecular formula is C6H8BN3. The van der Waals surface area contributed by atoms with Gasteiger partial charge < -0.3 is 9.91 Å². The molecule has 0 unspecified atom stereocenters. The largest absolute Gasteiger partial charge is 0.326 e. The van der Waals surface area contributed by atoms with Gasteiger partial charge in [0.05, 0.1) is 6.20 Å². The van der Waals surface area contributed by atoms with Crippen LogP contribution in [0, 0.1) is 0 Å². The Balaban J connectivity index is 2.45. The van der Waals surface area contributed by atoms with Gasteiger partial charge in [0.25, 0.3) is 7.98 Å². The van der Waals surface area contributed by atoms with E-state index in [9.17, 15) is 0 Å². The SMILES string of the molecule is [B]n1ncc2c1CNCC2. The average molecular weight is 133 g/mol. The second kappa shape index (κ2) is 2.13. The highest BCUT2D eigenvalue weighted by Gasteiger charge is 2.10. The van der Waals surface area contributed by atoms with E-state index in [1.807, 2.05) is 6.20 Å². The Labute approximate surface area is 60.9 Å². The van der Waals surface area contributed by atoms with Gasteiger partial charge in [-0.05, 0) is 18.5 Å². The molecule has 1 aliphatic heterocycles. The molecule has 1 N–H and O–H groups in total. The molecule has 2 radical (unpaired) electrons. The Morgan fingerprint density at radius 2 is 2.60 bits per heavy atom. The summed E-state index contributed by atoms with van der Waals surface area (Å²) in [5.41, 5.74) is 2.40. The molecule has 4 heteroatoms.